The van der Waals surface area contributed by atoms with Gasteiger partial charge in [0.05, 0.1) is 42.5 Å². The van der Waals surface area contributed by atoms with Gasteiger partial charge in [0, 0.05) is 12.1 Å². The molecule has 1 N–H and O–H groups in total. The van der Waals surface area contributed by atoms with Crippen LogP contribution in [0, 0.1) is 0 Å². The number of amides is 1. The van der Waals surface area contributed by atoms with E-state index in [2.05, 4.69) is 0 Å². The number of benzene rings is 2. The summed E-state index contributed by atoms with van der Waals surface area (Å²) in [4.78, 5) is 28.4. The third-order valence-electron chi connectivity index (χ3n) is 6.47. The summed E-state index contributed by atoms with van der Waals surface area (Å²) in [6.07, 6.45) is 3.54. The SMILES string of the molecule is COc1cc(OC)c(/C(O)=C2\C(=O)C(=O)N(C3CCCC3)C2c2cccc(OC(C)C)c2)cc1Cl. The summed E-state index contributed by atoms with van der Waals surface area (Å²) >= 11 is 6.34. The number of Topliss-reactive ketones (excluding diaryl/α,β-unsaturated/α-hetero) is 1. The number of halogens is 1. The minimum atomic E-state index is -0.764. The fourth-order valence-electron chi connectivity index (χ4n) is 4.96. The van der Waals surface area contributed by atoms with E-state index in [9.17, 15) is 14.7 Å². The fourth-order valence-corrected chi connectivity index (χ4v) is 5.20. The van der Waals surface area contributed by atoms with Crippen molar-refractivity contribution in [3.8, 4) is 17.2 Å². The molecule has 1 saturated carbocycles. The molecule has 2 aromatic carbocycles. The number of aliphatic hydroxyl groups is 1. The maximum Gasteiger partial charge on any atom is 0.295 e. The van der Waals surface area contributed by atoms with Crippen molar-refractivity contribution in [1.29, 1.82) is 0 Å². The number of ketones is 1. The molecule has 0 spiro atoms. The normalized spacial score (nSPS) is 20.1. The molecule has 1 aliphatic carbocycles. The van der Waals surface area contributed by atoms with E-state index in [0.29, 0.717) is 17.1 Å². The quantitative estimate of drug-likeness (QED) is 0.307. The number of likely N-dealkylation sites (tertiary alicyclic amines) is 1. The lowest BCUT2D eigenvalue weighted by atomic mass is 9.94. The van der Waals surface area contributed by atoms with E-state index in [-0.39, 0.29) is 39.8 Å². The second kappa shape index (κ2) is 10.2. The number of aliphatic hydroxyl groups excluding tert-OH is 1. The van der Waals surface area contributed by atoms with Crippen LogP contribution in [0.25, 0.3) is 5.76 Å². The Kier molecular flexibility index (Phi) is 7.26. The van der Waals surface area contributed by atoms with Crippen molar-refractivity contribution < 1.29 is 28.9 Å². The molecule has 0 aromatic heterocycles. The lowest BCUT2D eigenvalue weighted by molar-refractivity contribution is -0.141. The van der Waals surface area contributed by atoms with Gasteiger partial charge in [-0.2, -0.15) is 0 Å². The molecule has 1 saturated heterocycles. The lowest BCUT2D eigenvalue weighted by Gasteiger charge is -2.31. The van der Waals surface area contributed by atoms with Crippen molar-refractivity contribution in [2.45, 2.75) is 57.7 Å². The molecule has 1 heterocycles. The van der Waals surface area contributed by atoms with E-state index in [1.807, 2.05) is 38.1 Å². The van der Waals surface area contributed by atoms with Crippen molar-refractivity contribution in [3.05, 3.63) is 58.1 Å². The molecular weight excluding hydrogens is 470 g/mol. The molecule has 2 aromatic rings. The molecule has 0 bridgehead atoms. The lowest BCUT2D eigenvalue weighted by Crippen LogP contribution is -2.37. The number of ether oxygens (including phenoxy) is 3. The molecule has 8 heteroatoms. The van der Waals surface area contributed by atoms with Crippen LogP contribution in [0.2, 0.25) is 5.02 Å². The number of hydrogen-bond acceptors (Lipinski definition) is 6. The average molecular weight is 500 g/mol. The van der Waals surface area contributed by atoms with E-state index in [1.165, 1.54) is 26.4 Å². The molecule has 1 amide bonds. The molecule has 2 aliphatic rings. The highest BCUT2D eigenvalue weighted by Gasteiger charge is 2.49. The van der Waals surface area contributed by atoms with Gasteiger partial charge in [-0.15, -0.1) is 0 Å². The van der Waals surface area contributed by atoms with Gasteiger partial charge < -0.3 is 24.2 Å². The summed E-state index contributed by atoms with van der Waals surface area (Å²) in [6, 6.07) is 9.49. The number of carbonyl (C=O) groups excluding carboxylic acids is 2. The van der Waals surface area contributed by atoms with Crippen LogP contribution < -0.4 is 14.2 Å². The fraction of sp³-hybridized carbons (Fsp3) is 0.407. The Labute approximate surface area is 210 Å². The average Bonchev–Trinajstić information content (AvgIpc) is 3.45. The van der Waals surface area contributed by atoms with Gasteiger partial charge >= 0.3 is 0 Å². The van der Waals surface area contributed by atoms with Crippen molar-refractivity contribution in [3.63, 3.8) is 0 Å². The minimum Gasteiger partial charge on any atom is -0.507 e. The van der Waals surface area contributed by atoms with Crippen LogP contribution in [0.5, 0.6) is 17.2 Å². The molecule has 0 radical (unpaired) electrons. The highest BCUT2D eigenvalue weighted by Crippen LogP contribution is 2.46. The number of rotatable bonds is 7. The molecule has 4 rings (SSSR count). The molecule has 1 unspecified atom stereocenters. The number of carbonyl (C=O) groups is 2. The highest BCUT2D eigenvalue weighted by atomic mass is 35.5. The summed E-state index contributed by atoms with van der Waals surface area (Å²) in [5, 5.41) is 11.7. The molecule has 1 aliphatic heterocycles. The van der Waals surface area contributed by atoms with E-state index in [0.717, 1.165) is 25.7 Å². The minimum absolute atomic E-state index is 0.00290. The topological polar surface area (TPSA) is 85.3 Å². The van der Waals surface area contributed by atoms with Crippen LogP contribution in [-0.4, -0.2) is 48.1 Å². The second-order valence-electron chi connectivity index (χ2n) is 9.07. The zero-order valence-corrected chi connectivity index (χ0v) is 21.1. The van der Waals surface area contributed by atoms with Crippen LogP contribution >= 0.6 is 11.6 Å². The van der Waals surface area contributed by atoms with Crippen molar-refractivity contribution >= 4 is 29.1 Å². The van der Waals surface area contributed by atoms with Gasteiger partial charge in [-0.1, -0.05) is 36.6 Å². The first-order valence-corrected chi connectivity index (χ1v) is 12.1. The van der Waals surface area contributed by atoms with Gasteiger partial charge in [-0.05, 0) is 50.5 Å². The molecule has 186 valence electrons. The van der Waals surface area contributed by atoms with Gasteiger partial charge in [-0.3, -0.25) is 9.59 Å². The molecule has 7 nitrogen and oxygen atoms in total. The maximum absolute atomic E-state index is 13.4. The Bertz CT molecular complexity index is 1170. The Morgan fingerprint density at radius 2 is 1.74 bits per heavy atom. The predicted molar refractivity (Wildman–Crippen MR) is 133 cm³/mol. The summed E-state index contributed by atoms with van der Waals surface area (Å²) in [7, 11) is 2.92. The number of hydrogen-bond donors (Lipinski definition) is 1. The van der Waals surface area contributed by atoms with Gasteiger partial charge in [0.25, 0.3) is 11.7 Å². The molecule has 1 atom stereocenters. The zero-order chi connectivity index (χ0) is 25.3. The summed E-state index contributed by atoms with van der Waals surface area (Å²) in [5.74, 6) is -0.432. The molecule has 2 fully saturated rings. The van der Waals surface area contributed by atoms with Gasteiger partial charge in [0.2, 0.25) is 0 Å². The second-order valence-corrected chi connectivity index (χ2v) is 9.48. The summed E-state index contributed by atoms with van der Waals surface area (Å²) in [6.45, 7) is 3.86. The van der Waals surface area contributed by atoms with Gasteiger partial charge in [0.15, 0.2) is 0 Å². The number of nitrogens with zero attached hydrogens (tertiary/aromatic N) is 1. The Balaban J connectivity index is 1.92. The van der Waals surface area contributed by atoms with E-state index < -0.39 is 17.7 Å². The van der Waals surface area contributed by atoms with Crippen LogP contribution in [0.1, 0.15) is 56.7 Å². The van der Waals surface area contributed by atoms with Gasteiger partial charge in [-0.25, -0.2) is 0 Å². The van der Waals surface area contributed by atoms with Gasteiger partial charge in [0.1, 0.15) is 23.0 Å². The van der Waals surface area contributed by atoms with E-state index in [1.54, 1.807) is 4.90 Å². The summed E-state index contributed by atoms with van der Waals surface area (Å²) in [5.41, 5.74) is 0.903. The first kappa shape index (κ1) is 24.9. The molecular formula is C27H30ClNO6. The first-order valence-electron chi connectivity index (χ1n) is 11.8. The van der Waals surface area contributed by atoms with Crippen LogP contribution in [-0.2, 0) is 9.59 Å². The van der Waals surface area contributed by atoms with E-state index in [4.69, 9.17) is 25.8 Å². The van der Waals surface area contributed by atoms with Crippen molar-refractivity contribution in [2.24, 2.45) is 0 Å². The smallest absolute Gasteiger partial charge is 0.295 e. The Morgan fingerprint density at radius 3 is 2.37 bits per heavy atom. The van der Waals surface area contributed by atoms with Crippen molar-refractivity contribution in [2.75, 3.05) is 14.2 Å². The highest BCUT2D eigenvalue weighted by molar-refractivity contribution is 6.46. The first-order chi connectivity index (χ1) is 16.8. The van der Waals surface area contributed by atoms with Crippen LogP contribution in [0.15, 0.2) is 42.0 Å². The monoisotopic (exact) mass is 499 g/mol. The third-order valence-corrected chi connectivity index (χ3v) is 6.77. The van der Waals surface area contributed by atoms with E-state index >= 15 is 0 Å². The standard InChI is InChI=1S/C27H30ClNO6/c1-15(2)35-18-11-7-8-16(12-18)24-23(26(31)27(32)29(24)17-9-5-6-10-17)25(30)19-13-20(28)22(34-4)14-21(19)33-3/h7-8,11-15,17,24,30H,5-6,9-10H2,1-4H3/b25-23+. The third kappa shape index (κ3) is 4.69. The predicted octanol–water partition coefficient (Wildman–Crippen LogP) is 5.51. The zero-order valence-electron chi connectivity index (χ0n) is 20.3. The summed E-state index contributed by atoms with van der Waals surface area (Å²) < 4.78 is 16.6. The van der Waals surface area contributed by atoms with Crippen LogP contribution in [0.4, 0.5) is 0 Å². The Morgan fingerprint density at radius 1 is 1.06 bits per heavy atom. The van der Waals surface area contributed by atoms with Crippen LogP contribution in [0.3, 0.4) is 0 Å². The van der Waals surface area contributed by atoms with Crippen molar-refractivity contribution in [1.82, 2.24) is 4.90 Å². The maximum atomic E-state index is 13.4. The largest absolute Gasteiger partial charge is 0.507 e. The Hall–Kier alpha value is -3.19. The number of methoxy groups -OCH3 is 2. The molecule has 35 heavy (non-hydrogen) atoms.